The van der Waals surface area contributed by atoms with Gasteiger partial charge in [-0.25, -0.2) is 8.42 Å². The summed E-state index contributed by atoms with van der Waals surface area (Å²) in [6, 6.07) is 4.56. The lowest BCUT2D eigenvalue weighted by molar-refractivity contribution is -0.115. The maximum absolute atomic E-state index is 11.3. The lowest BCUT2D eigenvalue weighted by Gasteiger charge is -2.09. The number of nitrogens with one attached hydrogen (secondary N) is 2. The summed E-state index contributed by atoms with van der Waals surface area (Å²) in [5.74, 6) is -0.147. The first-order valence-electron chi connectivity index (χ1n) is 4.95. The number of hydrogen-bond acceptors (Lipinski definition) is 3. The Labute approximate surface area is 119 Å². The molecule has 0 fully saturated rings. The summed E-state index contributed by atoms with van der Waals surface area (Å²) >= 11 is 9.07. The molecule has 2 N–H and O–H groups in total. The second-order valence-electron chi connectivity index (χ2n) is 3.56. The molecule has 0 aliphatic rings. The van der Waals surface area contributed by atoms with Crippen LogP contribution in [0.5, 0.6) is 0 Å². The minimum Gasteiger partial charge on any atom is -0.326 e. The van der Waals surface area contributed by atoms with Crippen LogP contribution in [0.25, 0.3) is 0 Å². The van der Waals surface area contributed by atoms with E-state index in [9.17, 15) is 13.2 Å². The molecule has 0 unspecified atom stereocenters. The van der Waals surface area contributed by atoms with Gasteiger partial charge in [-0.15, -0.1) is 0 Å². The molecule has 0 aliphatic carbocycles. The van der Waals surface area contributed by atoms with Crippen LogP contribution < -0.4 is 10.0 Å². The van der Waals surface area contributed by atoms with E-state index in [1.54, 1.807) is 6.07 Å². The van der Waals surface area contributed by atoms with Gasteiger partial charge in [-0.05, 0) is 18.2 Å². The highest BCUT2D eigenvalue weighted by atomic mass is 79.9. The fraction of sp³-hybridized carbons (Fsp3) is 0.300. The molecule has 1 aromatic rings. The fourth-order valence-electron chi connectivity index (χ4n) is 1.18. The van der Waals surface area contributed by atoms with Crippen LogP contribution in [0.3, 0.4) is 0 Å². The SMILES string of the molecule is CS(=O)(=O)Nc1ccc(NC(=O)CCBr)cc1Cl. The fourth-order valence-corrected chi connectivity index (χ4v) is 2.41. The van der Waals surface area contributed by atoms with Crippen LogP contribution in [0, 0.1) is 0 Å². The van der Waals surface area contributed by atoms with E-state index in [2.05, 4.69) is 26.0 Å². The molecule has 0 saturated heterocycles. The number of hydrogen-bond donors (Lipinski definition) is 2. The molecule has 1 rings (SSSR count). The zero-order valence-electron chi connectivity index (χ0n) is 9.54. The number of anilines is 2. The summed E-state index contributed by atoms with van der Waals surface area (Å²) in [6.45, 7) is 0. The van der Waals surface area contributed by atoms with Crippen LogP contribution in [0.4, 0.5) is 11.4 Å². The van der Waals surface area contributed by atoms with Gasteiger partial charge in [0.25, 0.3) is 0 Å². The Morgan fingerprint density at radius 2 is 2.11 bits per heavy atom. The number of carbonyl (C=O) groups is 1. The second kappa shape index (κ2) is 6.40. The highest BCUT2D eigenvalue weighted by Crippen LogP contribution is 2.26. The number of rotatable bonds is 5. The highest BCUT2D eigenvalue weighted by Gasteiger charge is 2.08. The van der Waals surface area contributed by atoms with E-state index in [1.165, 1.54) is 12.1 Å². The third kappa shape index (κ3) is 5.24. The molecule has 0 spiro atoms. The molecule has 0 saturated carbocycles. The third-order valence-corrected chi connectivity index (χ3v) is 3.17. The van der Waals surface area contributed by atoms with Crippen LogP contribution in [-0.4, -0.2) is 25.9 Å². The van der Waals surface area contributed by atoms with Gasteiger partial charge in [0.05, 0.1) is 17.0 Å². The van der Waals surface area contributed by atoms with Crippen molar-refractivity contribution >= 4 is 54.8 Å². The molecule has 0 aromatic heterocycles. The lowest BCUT2D eigenvalue weighted by Crippen LogP contribution is -2.12. The van der Waals surface area contributed by atoms with Crippen LogP contribution in [0.1, 0.15) is 6.42 Å². The van der Waals surface area contributed by atoms with Crippen molar-refractivity contribution in [2.75, 3.05) is 21.6 Å². The molecule has 1 amide bonds. The van der Waals surface area contributed by atoms with Crippen LogP contribution >= 0.6 is 27.5 Å². The van der Waals surface area contributed by atoms with Crippen LogP contribution in [0.2, 0.25) is 5.02 Å². The molecule has 0 bridgehead atoms. The van der Waals surface area contributed by atoms with Crippen molar-refractivity contribution in [2.45, 2.75) is 6.42 Å². The number of benzene rings is 1. The average molecular weight is 356 g/mol. The normalized spacial score (nSPS) is 11.1. The van der Waals surface area contributed by atoms with Gasteiger partial charge in [0.2, 0.25) is 15.9 Å². The van der Waals surface area contributed by atoms with Gasteiger partial charge in [0.15, 0.2) is 0 Å². The van der Waals surface area contributed by atoms with Gasteiger partial charge in [-0.2, -0.15) is 0 Å². The zero-order chi connectivity index (χ0) is 13.8. The van der Waals surface area contributed by atoms with Crippen molar-refractivity contribution < 1.29 is 13.2 Å². The summed E-state index contributed by atoms with van der Waals surface area (Å²) in [6.07, 6.45) is 1.38. The third-order valence-electron chi connectivity index (χ3n) is 1.87. The molecule has 8 heteroatoms. The smallest absolute Gasteiger partial charge is 0.229 e. The van der Waals surface area contributed by atoms with E-state index in [0.29, 0.717) is 17.4 Å². The number of alkyl halides is 1. The van der Waals surface area contributed by atoms with Crippen molar-refractivity contribution in [3.63, 3.8) is 0 Å². The Bertz CT molecular complexity index is 548. The molecule has 0 radical (unpaired) electrons. The Kier molecular flexibility index (Phi) is 5.43. The first kappa shape index (κ1) is 15.3. The molecule has 0 heterocycles. The van der Waals surface area contributed by atoms with Gasteiger partial charge in [0, 0.05) is 17.4 Å². The van der Waals surface area contributed by atoms with Gasteiger partial charge in [0.1, 0.15) is 0 Å². The summed E-state index contributed by atoms with van der Waals surface area (Å²) in [5, 5.41) is 3.43. The van der Waals surface area contributed by atoms with E-state index in [4.69, 9.17) is 11.6 Å². The van der Waals surface area contributed by atoms with Crippen molar-refractivity contribution in [3.05, 3.63) is 23.2 Å². The quantitative estimate of drug-likeness (QED) is 0.797. The molecular weight excluding hydrogens is 344 g/mol. The summed E-state index contributed by atoms with van der Waals surface area (Å²) < 4.78 is 24.4. The van der Waals surface area contributed by atoms with Crippen molar-refractivity contribution in [1.29, 1.82) is 0 Å². The zero-order valence-corrected chi connectivity index (χ0v) is 12.7. The summed E-state index contributed by atoms with van der Waals surface area (Å²) in [4.78, 5) is 11.3. The van der Waals surface area contributed by atoms with Crippen LogP contribution in [0.15, 0.2) is 18.2 Å². The molecule has 100 valence electrons. The molecular formula is C10H12BrClN2O3S. The monoisotopic (exact) mass is 354 g/mol. The molecule has 0 atom stereocenters. The number of halogens is 2. The first-order chi connectivity index (χ1) is 8.31. The van der Waals surface area contributed by atoms with Gasteiger partial charge in [-0.3, -0.25) is 9.52 Å². The average Bonchev–Trinajstić information content (AvgIpc) is 2.21. The predicted octanol–water partition coefficient (Wildman–Crippen LogP) is 2.44. The largest absolute Gasteiger partial charge is 0.326 e. The molecule has 5 nitrogen and oxygen atoms in total. The maximum Gasteiger partial charge on any atom is 0.229 e. The standard InChI is InChI=1S/C10H12BrClN2O3S/c1-18(16,17)14-9-3-2-7(6-8(9)12)13-10(15)4-5-11/h2-3,6,14H,4-5H2,1H3,(H,13,15). The lowest BCUT2D eigenvalue weighted by atomic mass is 10.3. The van der Waals surface area contributed by atoms with Gasteiger partial charge in [-0.1, -0.05) is 27.5 Å². The minimum atomic E-state index is -3.37. The van der Waals surface area contributed by atoms with Crippen molar-refractivity contribution in [1.82, 2.24) is 0 Å². The van der Waals surface area contributed by atoms with Crippen molar-refractivity contribution in [3.8, 4) is 0 Å². The number of amides is 1. The Balaban J connectivity index is 2.83. The minimum absolute atomic E-state index is 0.147. The molecule has 1 aromatic carbocycles. The van der Waals surface area contributed by atoms with E-state index in [1.807, 2.05) is 0 Å². The van der Waals surface area contributed by atoms with Gasteiger partial charge >= 0.3 is 0 Å². The van der Waals surface area contributed by atoms with Crippen molar-refractivity contribution in [2.24, 2.45) is 0 Å². The summed E-state index contributed by atoms with van der Waals surface area (Å²) in [7, 11) is -3.37. The Morgan fingerprint density at radius 3 is 2.61 bits per heavy atom. The maximum atomic E-state index is 11.3. The van der Waals surface area contributed by atoms with E-state index >= 15 is 0 Å². The van der Waals surface area contributed by atoms with Crippen LogP contribution in [-0.2, 0) is 14.8 Å². The predicted molar refractivity (Wildman–Crippen MR) is 77.0 cm³/mol. The Morgan fingerprint density at radius 1 is 1.44 bits per heavy atom. The van der Waals surface area contributed by atoms with E-state index in [0.717, 1.165) is 6.26 Å². The second-order valence-corrected chi connectivity index (χ2v) is 6.50. The summed E-state index contributed by atoms with van der Waals surface area (Å²) in [5.41, 5.74) is 0.794. The Hall–Kier alpha value is -0.790. The topological polar surface area (TPSA) is 75.3 Å². The van der Waals surface area contributed by atoms with E-state index in [-0.39, 0.29) is 16.6 Å². The van der Waals surface area contributed by atoms with Gasteiger partial charge < -0.3 is 5.32 Å². The number of sulfonamides is 1. The van der Waals surface area contributed by atoms with E-state index < -0.39 is 10.0 Å². The first-order valence-corrected chi connectivity index (χ1v) is 8.34. The number of carbonyl (C=O) groups excluding carboxylic acids is 1. The molecule has 0 aliphatic heterocycles. The molecule has 18 heavy (non-hydrogen) atoms. The highest BCUT2D eigenvalue weighted by molar-refractivity contribution is 9.09.